The maximum Gasteiger partial charge on any atom is 0.328 e. The molecular weight excluding hydrogens is 238 g/mol. The zero-order valence-electron chi connectivity index (χ0n) is 9.88. The lowest BCUT2D eigenvalue weighted by Crippen LogP contribution is -2.47. The van der Waals surface area contributed by atoms with E-state index in [1.165, 1.54) is 0 Å². The Kier molecular flexibility index (Phi) is 5.06. The normalized spacial score (nSPS) is 11.7. The Morgan fingerprint density at radius 3 is 2.72 bits per heavy atom. The zero-order valence-corrected chi connectivity index (χ0v) is 9.88. The molecule has 0 aliphatic rings. The molecule has 0 fully saturated rings. The van der Waals surface area contributed by atoms with Crippen molar-refractivity contribution in [2.45, 2.75) is 19.5 Å². The molecule has 0 spiro atoms. The minimum absolute atomic E-state index is 0.186. The fourth-order valence-electron chi connectivity index (χ4n) is 1.26. The fraction of sp³-hybridized carbons (Fsp3) is 0.364. The van der Waals surface area contributed by atoms with Crippen molar-refractivity contribution in [1.82, 2.24) is 15.6 Å². The lowest BCUT2D eigenvalue weighted by molar-refractivity contribution is -0.140. The first-order valence-corrected chi connectivity index (χ1v) is 5.33. The van der Waals surface area contributed by atoms with Crippen molar-refractivity contribution in [3.8, 4) is 0 Å². The molecule has 0 aliphatic heterocycles. The van der Waals surface area contributed by atoms with Crippen molar-refractivity contribution in [2.24, 2.45) is 0 Å². The third kappa shape index (κ3) is 4.38. The molecule has 0 saturated heterocycles. The van der Waals surface area contributed by atoms with E-state index < -0.39 is 24.6 Å². The van der Waals surface area contributed by atoms with Crippen molar-refractivity contribution >= 4 is 12.0 Å². The molecule has 0 radical (unpaired) electrons. The summed E-state index contributed by atoms with van der Waals surface area (Å²) in [5, 5.41) is 21.9. The molecule has 0 aromatic carbocycles. The lowest BCUT2D eigenvalue weighted by atomic mass is 10.3. The standard InChI is InChI=1S/C11H15N3O4/c1-7-3-2-4-8(13-7)5-12-11(18)14-9(6-15)10(16)17/h2-4,9,15H,5-6H2,1H3,(H,16,17)(H2,12,14,18)/t9-/m0/s1. The molecule has 7 nitrogen and oxygen atoms in total. The SMILES string of the molecule is Cc1cccc(CNC(=O)N[C@@H](CO)C(=O)O)n1. The predicted molar refractivity (Wildman–Crippen MR) is 62.9 cm³/mol. The number of hydrogen-bond acceptors (Lipinski definition) is 4. The van der Waals surface area contributed by atoms with E-state index >= 15 is 0 Å². The van der Waals surface area contributed by atoms with E-state index in [4.69, 9.17) is 10.2 Å². The van der Waals surface area contributed by atoms with Crippen molar-refractivity contribution in [3.63, 3.8) is 0 Å². The monoisotopic (exact) mass is 253 g/mol. The molecule has 0 unspecified atom stereocenters. The van der Waals surface area contributed by atoms with Crippen molar-refractivity contribution in [1.29, 1.82) is 0 Å². The third-order valence-electron chi connectivity index (χ3n) is 2.16. The molecule has 1 atom stereocenters. The van der Waals surface area contributed by atoms with Crippen LogP contribution in [0.4, 0.5) is 4.79 Å². The van der Waals surface area contributed by atoms with Crippen LogP contribution in [0, 0.1) is 6.92 Å². The number of hydrogen-bond donors (Lipinski definition) is 4. The highest BCUT2D eigenvalue weighted by molar-refractivity contribution is 5.82. The van der Waals surface area contributed by atoms with E-state index in [2.05, 4.69) is 15.6 Å². The number of aliphatic hydroxyl groups excluding tert-OH is 1. The molecule has 1 aromatic heterocycles. The second-order valence-corrected chi connectivity index (χ2v) is 3.67. The van der Waals surface area contributed by atoms with Crippen LogP contribution in [0.3, 0.4) is 0 Å². The average molecular weight is 253 g/mol. The van der Waals surface area contributed by atoms with Crippen LogP contribution in [-0.2, 0) is 11.3 Å². The first kappa shape index (κ1) is 13.9. The Labute approximate surface area is 104 Å². The highest BCUT2D eigenvalue weighted by Gasteiger charge is 2.18. The summed E-state index contributed by atoms with van der Waals surface area (Å²) in [4.78, 5) is 26.1. The van der Waals surface area contributed by atoms with Gasteiger partial charge in [0.1, 0.15) is 0 Å². The van der Waals surface area contributed by atoms with Crippen molar-refractivity contribution < 1.29 is 19.8 Å². The quantitative estimate of drug-likeness (QED) is 0.572. The Morgan fingerprint density at radius 1 is 1.44 bits per heavy atom. The van der Waals surface area contributed by atoms with Gasteiger partial charge in [-0.25, -0.2) is 9.59 Å². The summed E-state index contributed by atoms with van der Waals surface area (Å²) in [5.74, 6) is -1.29. The molecule has 0 saturated carbocycles. The minimum Gasteiger partial charge on any atom is -0.480 e. The van der Waals surface area contributed by atoms with Crippen LogP contribution in [0.5, 0.6) is 0 Å². The van der Waals surface area contributed by atoms with Gasteiger partial charge in [-0.1, -0.05) is 6.07 Å². The number of urea groups is 1. The van der Waals surface area contributed by atoms with E-state index in [0.717, 1.165) is 5.69 Å². The number of nitrogens with one attached hydrogen (secondary N) is 2. The van der Waals surface area contributed by atoms with Gasteiger partial charge in [0, 0.05) is 5.69 Å². The van der Waals surface area contributed by atoms with Crippen molar-refractivity contribution in [3.05, 3.63) is 29.6 Å². The molecule has 0 bridgehead atoms. The number of aliphatic hydroxyl groups is 1. The summed E-state index contributed by atoms with van der Waals surface area (Å²) in [7, 11) is 0. The summed E-state index contributed by atoms with van der Waals surface area (Å²) >= 11 is 0. The van der Waals surface area contributed by atoms with Gasteiger partial charge in [0.2, 0.25) is 0 Å². The number of rotatable bonds is 5. The van der Waals surface area contributed by atoms with Crippen LogP contribution >= 0.6 is 0 Å². The van der Waals surface area contributed by atoms with Gasteiger partial charge in [0.05, 0.1) is 18.8 Å². The van der Waals surface area contributed by atoms with E-state index in [0.29, 0.717) is 5.69 Å². The van der Waals surface area contributed by atoms with Gasteiger partial charge in [-0.15, -0.1) is 0 Å². The number of pyridine rings is 1. The summed E-state index contributed by atoms with van der Waals surface area (Å²) < 4.78 is 0. The lowest BCUT2D eigenvalue weighted by Gasteiger charge is -2.12. The molecule has 7 heteroatoms. The van der Waals surface area contributed by atoms with Crippen LogP contribution in [0.15, 0.2) is 18.2 Å². The number of aliphatic carboxylic acids is 1. The number of aryl methyl sites for hydroxylation is 1. The Morgan fingerprint density at radius 2 is 2.17 bits per heavy atom. The Balaban J connectivity index is 2.44. The molecule has 1 aromatic rings. The van der Waals surface area contributed by atoms with E-state index in [1.807, 2.05) is 19.1 Å². The molecule has 2 amide bonds. The average Bonchev–Trinajstić information content (AvgIpc) is 2.33. The number of carbonyl (C=O) groups excluding carboxylic acids is 1. The number of aromatic nitrogens is 1. The maximum absolute atomic E-state index is 11.4. The number of carboxylic acids is 1. The number of nitrogens with zero attached hydrogens (tertiary/aromatic N) is 1. The number of amides is 2. The van der Waals surface area contributed by atoms with Crippen LogP contribution in [0.25, 0.3) is 0 Å². The van der Waals surface area contributed by atoms with Crippen LogP contribution < -0.4 is 10.6 Å². The van der Waals surface area contributed by atoms with Gasteiger partial charge < -0.3 is 20.8 Å². The van der Waals surface area contributed by atoms with E-state index in [9.17, 15) is 9.59 Å². The maximum atomic E-state index is 11.4. The second-order valence-electron chi connectivity index (χ2n) is 3.67. The van der Waals surface area contributed by atoms with Crippen LogP contribution in [0.2, 0.25) is 0 Å². The van der Waals surface area contributed by atoms with E-state index in [-0.39, 0.29) is 6.54 Å². The van der Waals surface area contributed by atoms with Gasteiger partial charge in [-0.05, 0) is 19.1 Å². The molecular formula is C11H15N3O4. The van der Waals surface area contributed by atoms with Gasteiger partial charge in [-0.2, -0.15) is 0 Å². The summed E-state index contributed by atoms with van der Waals surface area (Å²) in [5.41, 5.74) is 1.49. The number of carboxylic acid groups (broad SMARTS) is 1. The highest BCUT2D eigenvalue weighted by Crippen LogP contribution is 1.97. The summed E-state index contributed by atoms with van der Waals surface area (Å²) in [6, 6.07) is 3.41. The molecule has 0 aliphatic carbocycles. The fourth-order valence-corrected chi connectivity index (χ4v) is 1.26. The minimum atomic E-state index is -1.31. The largest absolute Gasteiger partial charge is 0.480 e. The molecule has 1 rings (SSSR count). The first-order valence-electron chi connectivity index (χ1n) is 5.33. The molecule has 98 valence electrons. The van der Waals surface area contributed by atoms with Gasteiger partial charge in [0.25, 0.3) is 0 Å². The Hall–Kier alpha value is -2.15. The Bertz CT molecular complexity index is 436. The predicted octanol–water partition coefficient (Wildman–Crippen LogP) is -0.365. The van der Waals surface area contributed by atoms with Gasteiger partial charge >= 0.3 is 12.0 Å². The number of carbonyl (C=O) groups is 2. The van der Waals surface area contributed by atoms with Gasteiger partial charge in [-0.3, -0.25) is 4.98 Å². The first-order chi connectivity index (χ1) is 8.52. The molecule has 4 N–H and O–H groups in total. The topological polar surface area (TPSA) is 112 Å². The zero-order chi connectivity index (χ0) is 13.5. The van der Waals surface area contributed by atoms with Crippen molar-refractivity contribution in [2.75, 3.05) is 6.61 Å². The smallest absolute Gasteiger partial charge is 0.328 e. The molecule has 1 heterocycles. The summed E-state index contributed by atoms with van der Waals surface area (Å²) in [6.45, 7) is 1.35. The highest BCUT2D eigenvalue weighted by atomic mass is 16.4. The molecule has 18 heavy (non-hydrogen) atoms. The van der Waals surface area contributed by atoms with Crippen LogP contribution in [0.1, 0.15) is 11.4 Å². The summed E-state index contributed by atoms with van der Waals surface area (Å²) in [6.07, 6.45) is 0. The third-order valence-corrected chi connectivity index (χ3v) is 2.16. The van der Waals surface area contributed by atoms with Gasteiger partial charge in [0.15, 0.2) is 6.04 Å². The van der Waals surface area contributed by atoms with E-state index in [1.54, 1.807) is 6.07 Å². The van der Waals surface area contributed by atoms with Crippen LogP contribution in [-0.4, -0.2) is 39.8 Å². The second kappa shape index (κ2) is 6.55.